The summed E-state index contributed by atoms with van der Waals surface area (Å²) < 4.78 is 28.9. The molecule has 0 spiro atoms. The number of nitrogens with zero attached hydrogens (tertiary/aromatic N) is 5. The third-order valence-corrected chi connectivity index (χ3v) is 7.27. The Labute approximate surface area is 206 Å². The molecule has 0 aromatic carbocycles. The van der Waals surface area contributed by atoms with Crippen molar-refractivity contribution in [3.05, 3.63) is 42.4 Å². The molecule has 2 fully saturated rings. The van der Waals surface area contributed by atoms with E-state index in [1.165, 1.54) is 6.20 Å². The van der Waals surface area contributed by atoms with E-state index in [-0.39, 0.29) is 18.1 Å². The number of rotatable bonds is 6. The molecule has 1 saturated carbocycles. The van der Waals surface area contributed by atoms with Gasteiger partial charge in [-0.1, -0.05) is 0 Å². The molecule has 10 nitrogen and oxygen atoms in total. The molecule has 1 aliphatic heterocycles. The predicted octanol–water partition coefficient (Wildman–Crippen LogP) is 2.99. The quantitative estimate of drug-likeness (QED) is 0.425. The number of nitrogens with one attached hydrogen (secondary N) is 2. The number of halogens is 1. The van der Waals surface area contributed by atoms with Crippen LogP contribution in [0, 0.1) is 0 Å². The normalized spacial score (nSPS) is 24.1. The molecule has 2 aliphatic rings. The highest BCUT2D eigenvalue weighted by Gasteiger charge is 2.33. The van der Waals surface area contributed by atoms with E-state index in [4.69, 9.17) is 14.5 Å². The maximum Gasteiger partial charge on any atom is 0.257 e. The van der Waals surface area contributed by atoms with Crippen molar-refractivity contribution in [3.8, 4) is 11.3 Å². The zero-order valence-electron chi connectivity index (χ0n) is 20.1. The third-order valence-electron chi connectivity index (χ3n) is 7.27. The summed E-state index contributed by atoms with van der Waals surface area (Å²) in [5.74, 6) is 0.296. The van der Waals surface area contributed by atoms with Gasteiger partial charge in [0.2, 0.25) is 0 Å². The Balaban J connectivity index is 1.47. The standard InChI is InChI=1S/C25H28FN7O3/c1-27-22-10-19(30-24-15(11-29-33(22)24)25(34)31-18-6-5-17(18)26)16-12-32(23-14(16)4-3-8-28-23)20-7-9-36-13-21(20)35-2/h3-4,8,10-12,17-18,20-21,27H,5-7,9,13H2,1-2H3,(H,31,34)/t17-,18+,20-,21-/m1/s1. The summed E-state index contributed by atoms with van der Waals surface area (Å²) in [6.45, 7) is 1.17. The second-order valence-electron chi connectivity index (χ2n) is 9.27. The highest BCUT2D eigenvalue weighted by molar-refractivity contribution is 6.01. The Hall–Kier alpha value is -3.57. The van der Waals surface area contributed by atoms with Crippen LogP contribution < -0.4 is 10.6 Å². The fourth-order valence-electron chi connectivity index (χ4n) is 5.09. The molecule has 4 aromatic heterocycles. The number of pyridine rings is 1. The molecule has 1 saturated heterocycles. The van der Waals surface area contributed by atoms with E-state index in [9.17, 15) is 9.18 Å². The number of amides is 1. The highest BCUT2D eigenvalue weighted by atomic mass is 19.1. The fraction of sp³-hybridized carbons (Fsp3) is 0.440. The second kappa shape index (κ2) is 9.14. The average molecular weight is 494 g/mol. The molecule has 0 radical (unpaired) electrons. The van der Waals surface area contributed by atoms with Crippen molar-refractivity contribution in [1.82, 2.24) is 29.5 Å². The van der Waals surface area contributed by atoms with Crippen LogP contribution in [0.5, 0.6) is 0 Å². The second-order valence-corrected chi connectivity index (χ2v) is 9.27. The molecule has 0 unspecified atom stereocenters. The van der Waals surface area contributed by atoms with Crippen molar-refractivity contribution < 1.29 is 18.7 Å². The fourth-order valence-corrected chi connectivity index (χ4v) is 5.09. The molecule has 4 aromatic rings. The van der Waals surface area contributed by atoms with Crippen LogP contribution in [0.2, 0.25) is 0 Å². The van der Waals surface area contributed by atoms with Crippen molar-refractivity contribution in [2.24, 2.45) is 0 Å². The summed E-state index contributed by atoms with van der Waals surface area (Å²) in [6.07, 6.45) is 6.11. The van der Waals surface area contributed by atoms with Gasteiger partial charge in [-0.15, -0.1) is 0 Å². The van der Waals surface area contributed by atoms with Crippen LogP contribution in [-0.4, -0.2) is 75.7 Å². The van der Waals surface area contributed by atoms with Gasteiger partial charge >= 0.3 is 0 Å². The van der Waals surface area contributed by atoms with Crippen LogP contribution in [0.4, 0.5) is 10.2 Å². The van der Waals surface area contributed by atoms with Gasteiger partial charge in [0.1, 0.15) is 29.3 Å². The Morgan fingerprint density at radius 2 is 2.17 bits per heavy atom. The first-order valence-electron chi connectivity index (χ1n) is 12.2. The van der Waals surface area contributed by atoms with Gasteiger partial charge in [-0.05, 0) is 31.4 Å². The Bertz CT molecular complexity index is 1430. The minimum atomic E-state index is -1.01. The van der Waals surface area contributed by atoms with E-state index in [1.807, 2.05) is 18.2 Å². The Morgan fingerprint density at radius 3 is 2.92 bits per heavy atom. The summed E-state index contributed by atoms with van der Waals surface area (Å²) in [7, 11) is 3.49. The number of ether oxygens (including phenoxy) is 2. The average Bonchev–Trinajstić information content (AvgIpc) is 3.52. The first kappa shape index (κ1) is 22.9. The molecule has 11 heteroatoms. The largest absolute Gasteiger partial charge is 0.379 e. The van der Waals surface area contributed by atoms with Crippen LogP contribution in [0.3, 0.4) is 0 Å². The minimum absolute atomic E-state index is 0.0647. The summed E-state index contributed by atoms with van der Waals surface area (Å²) in [5, 5.41) is 11.2. The minimum Gasteiger partial charge on any atom is -0.379 e. The lowest BCUT2D eigenvalue weighted by Gasteiger charge is -2.31. The number of carbonyl (C=O) groups excluding carboxylic acids is 1. The van der Waals surface area contributed by atoms with E-state index in [1.54, 1.807) is 24.9 Å². The van der Waals surface area contributed by atoms with Crippen molar-refractivity contribution in [2.75, 3.05) is 32.7 Å². The molecule has 6 rings (SSSR count). The van der Waals surface area contributed by atoms with Gasteiger partial charge in [0, 0.05) is 50.2 Å². The smallest absolute Gasteiger partial charge is 0.257 e. The van der Waals surface area contributed by atoms with E-state index in [2.05, 4.69) is 31.5 Å². The molecule has 1 amide bonds. The zero-order valence-corrected chi connectivity index (χ0v) is 20.1. The zero-order chi connectivity index (χ0) is 24.8. The van der Waals surface area contributed by atoms with Crippen molar-refractivity contribution in [1.29, 1.82) is 0 Å². The van der Waals surface area contributed by atoms with Crippen LogP contribution in [-0.2, 0) is 9.47 Å². The summed E-state index contributed by atoms with van der Waals surface area (Å²) in [4.78, 5) is 22.5. The maximum atomic E-state index is 13.8. The lowest BCUT2D eigenvalue weighted by molar-refractivity contribution is -0.0592. The molecular weight excluding hydrogens is 465 g/mol. The molecule has 1 aliphatic carbocycles. The molecule has 5 heterocycles. The number of hydrogen-bond acceptors (Lipinski definition) is 7. The molecular formula is C25H28FN7O3. The van der Waals surface area contributed by atoms with Gasteiger partial charge in [-0.25, -0.2) is 14.4 Å². The first-order valence-corrected chi connectivity index (χ1v) is 12.2. The van der Waals surface area contributed by atoms with Gasteiger partial charge in [0.05, 0.1) is 30.6 Å². The van der Waals surface area contributed by atoms with Crippen LogP contribution in [0.25, 0.3) is 27.9 Å². The number of aromatic nitrogens is 5. The molecule has 36 heavy (non-hydrogen) atoms. The van der Waals surface area contributed by atoms with Gasteiger partial charge in [0.15, 0.2) is 5.65 Å². The predicted molar refractivity (Wildman–Crippen MR) is 132 cm³/mol. The lowest BCUT2D eigenvalue weighted by Crippen LogP contribution is -2.48. The molecule has 4 atom stereocenters. The van der Waals surface area contributed by atoms with E-state index in [0.29, 0.717) is 48.8 Å². The summed E-state index contributed by atoms with van der Waals surface area (Å²) in [6, 6.07) is 5.42. The lowest BCUT2D eigenvalue weighted by atomic mass is 9.90. The Kier molecular flexibility index (Phi) is 5.81. The van der Waals surface area contributed by atoms with Gasteiger partial charge < -0.3 is 24.7 Å². The van der Waals surface area contributed by atoms with E-state index in [0.717, 1.165) is 23.0 Å². The number of alkyl halides is 1. The van der Waals surface area contributed by atoms with Crippen LogP contribution >= 0.6 is 0 Å². The van der Waals surface area contributed by atoms with Crippen LogP contribution in [0.1, 0.15) is 35.7 Å². The van der Waals surface area contributed by atoms with Gasteiger partial charge in [0.25, 0.3) is 5.91 Å². The van der Waals surface area contributed by atoms with Crippen molar-refractivity contribution in [3.63, 3.8) is 0 Å². The SMILES string of the molecule is CNc1cc(-c2cn([C@@H]3CCOC[C@H]3OC)c3ncccc23)nc2c(C(=O)N[C@H]3CC[C@H]3F)cnn12. The summed E-state index contributed by atoms with van der Waals surface area (Å²) >= 11 is 0. The molecule has 0 bridgehead atoms. The monoisotopic (exact) mass is 493 g/mol. The van der Waals surface area contributed by atoms with Gasteiger partial charge in [-0.3, -0.25) is 4.79 Å². The number of hydrogen-bond donors (Lipinski definition) is 2. The van der Waals surface area contributed by atoms with Crippen LogP contribution in [0.15, 0.2) is 36.8 Å². The first-order chi connectivity index (χ1) is 17.6. The van der Waals surface area contributed by atoms with Crippen molar-refractivity contribution in [2.45, 2.75) is 43.6 Å². The Morgan fingerprint density at radius 1 is 1.28 bits per heavy atom. The number of methoxy groups -OCH3 is 1. The number of fused-ring (bicyclic) bond motifs is 2. The summed E-state index contributed by atoms with van der Waals surface area (Å²) in [5.41, 5.74) is 3.09. The number of carbonyl (C=O) groups is 1. The maximum absolute atomic E-state index is 13.8. The van der Waals surface area contributed by atoms with Gasteiger partial charge in [-0.2, -0.15) is 9.61 Å². The third kappa shape index (κ3) is 3.70. The number of anilines is 1. The van der Waals surface area contributed by atoms with E-state index < -0.39 is 12.2 Å². The molecule has 2 N–H and O–H groups in total. The van der Waals surface area contributed by atoms with Crippen molar-refractivity contribution >= 4 is 28.4 Å². The highest BCUT2D eigenvalue weighted by Crippen LogP contribution is 2.35. The van der Waals surface area contributed by atoms with E-state index >= 15 is 0 Å². The molecule has 188 valence electrons. The topological polar surface area (TPSA) is 108 Å².